The maximum absolute atomic E-state index is 12.6. The summed E-state index contributed by atoms with van der Waals surface area (Å²) in [6.07, 6.45) is 0. The van der Waals surface area contributed by atoms with E-state index in [2.05, 4.69) is 41.3 Å². The molecule has 2 aromatic rings. The Morgan fingerprint density at radius 2 is 1.54 bits per heavy atom. The Bertz CT molecular complexity index is 1010. The molecule has 0 unspecified atom stereocenters. The number of benzene rings is 2. The number of guanidine groups is 1. The molecule has 0 bridgehead atoms. The van der Waals surface area contributed by atoms with Gasteiger partial charge in [0.25, 0.3) is 10.0 Å². The third-order valence-electron chi connectivity index (χ3n) is 5.30. The maximum Gasteiger partial charge on any atom is 0.285 e. The van der Waals surface area contributed by atoms with Crippen molar-refractivity contribution in [2.45, 2.75) is 32.6 Å². The first-order valence-electron chi connectivity index (χ1n) is 9.42. The van der Waals surface area contributed by atoms with E-state index in [-0.39, 0.29) is 10.9 Å². The lowest BCUT2D eigenvalue weighted by Gasteiger charge is -2.37. The maximum atomic E-state index is 12.6. The van der Waals surface area contributed by atoms with Gasteiger partial charge in [0.15, 0.2) is 0 Å². The van der Waals surface area contributed by atoms with Crippen molar-refractivity contribution in [1.82, 2.24) is 4.90 Å². The molecule has 2 N–H and O–H groups in total. The van der Waals surface area contributed by atoms with Crippen LogP contribution in [0.3, 0.4) is 0 Å². The van der Waals surface area contributed by atoms with Crippen molar-refractivity contribution in [3.63, 3.8) is 0 Å². The van der Waals surface area contributed by atoms with E-state index in [1.165, 1.54) is 16.8 Å². The molecule has 0 aliphatic carbocycles. The summed E-state index contributed by atoms with van der Waals surface area (Å²) in [6, 6.07) is 11.4. The number of anilines is 1. The van der Waals surface area contributed by atoms with Gasteiger partial charge in [0.1, 0.15) is 0 Å². The highest BCUT2D eigenvalue weighted by molar-refractivity contribution is 7.90. The normalized spacial score (nSPS) is 15.8. The van der Waals surface area contributed by atoms with Crippen LogP contribution in [0.2, 0.25) is 0 Å². The third-order valence-corrected chi connectivity index (χ3v) is 6.58. The Morgan fingerprint density at radius 1 is 0.893 bits per heavy atom. The fraction of sp³-hybridized carbons (Fsp3) is 0.381. The van der Waals surface area contributed by atoms with Crippen molar-refractivity contribution in [3.05, 3.63) is 58.7 Å². The largest absolute Gasteiger partial charge is 0.369 e. The Morgan fingerprint density at radius 3 is 2.18 bits per heavy atom. The summed E-state index contributed by atoms with van der Waals surface area (Å²) in [5.74, 6) is 0.0545. The SMILES string of the molecule is Cc1ccc(C)c(N2CCN(/C(N)=N/S(=O)(=O)c3ccc(C)c(C)c3)CC2)c1. The number of rotatable bonds is 3. The molecule has 7 heteroatoms. The zero-order valence-electron chi connectivity index (χ0n) is 16.9. The number of sulfonamides is 1. The molecular weight excluding hydrogens is 372 g/mol. The third kappa shape index (κ3) is 4.30. The molecular formula is C21H28N4O2S. The molecule has 0 spiro atoms. The molecule has 1 aliphatic heterocycles. The standard InChI is InChI=1S/C21H28N4O2S/c1-15-5-6-17(3)20(13-15)24-9-11-25(12-10-24)21(22)23-28(26,27)19-8-7-16(2)18(4)14-19/h5-8,13-14H,9-12H2,1-4H3,(H2,22,23). The van der Waals surface area contributed by atoms with Gasteiger partial charge >= 0.3 is 0 Å². The number of hydrogen-bond donors (Lipinski definition) is 1. The van der Waals surface area contributed by atoms with Crippen molar-refractivity contribution >= 4 is 21.7 Å². The molecule has 28 heavy (non-hydrogen) atoms. The fourth-order valence-corrected chi connectivity index (χ4v) is 4.38. The predicted molar refractivity (Wildman–Crippen MR) is 114 cm³/mol. The topological polar surface area (TPSA) is 79.0 Å². The fourth-order valence-electron chi connectivity index (χ4n) is 3.34. The van der Waals surface area contributed by atoms with Gasteiger partial charge in [-0.1, -0.05) is 18.2 Å². The van der Waals surface area contributed by atoms with Crippen LogP contribution in [-0.4, -0.2) is 45.5 Å². The van der Waals surface area contributed by atoms with E-state index in [4.69, 9.17) is 5.73 Å². The predicted octanol–water partition coefficient (Wildman–Crippen LogP) is 2.75. The van der Waals surface area contributed by atoms with Gasteiger partial charge in [-0.2, -0.15) is 8.42 Å². The Kier molecular flexibility index (Phi) is 5.65. The van der Waals surface area contributed by atoms with Gasteiger partial charge in [0.2, 0.25) is 5.96 Å². The first-order valence-corrected chi connectivity index (χ1v) is 10.9. The van der Waals surface area contributed by atoms with E-state index in [1.54, 1.807) is 18.2 Å². The van der Waals surface area contributed by atoms with E-state index in [9.17, 15) is 8.42 Å². The molecule has 2 aromatic carbocycles. The van der Waals surface area contributed by atoms with E-state index in [0.29, 0.717) is 13.1 Å². The number of nitrogens with two attached hydrogens (primary N) is 1. The van der Waals surface area contributed by atoms with Crippen molar-refractivity contribution in [3.8, 4) is 0 Å². The summed E-state index contributed by atoms with van der Waals surface area (Å²) in [7, 11) is -3.82. The van der Waals surface area contributed by atoms with Crippen LogP contribution in [0.5, 0.6) is 0 Å². The first-order chi connectivity index (χ1) is 13.2. The molecule has 0 atom stereocenters. The molecule has 1 heterocycles. The zero-order chi connectivity index (χ0) is 20.5. The van der Waals surface area contributed by atoms with Crippen LogP contribution in [0.4, 0.5) is 5.69 Å². The van der Waals surface area contributed by atoms with Crippen LogP contribution >= 0.6 is 0 Å². The Balaban J connectivity index is 1.73. The minimum atomic E-state index is -3.82. The van der Waals surface area contributed by atoms with E-state index in [0.717, 1.165) is 24.2 Å². The Labute approximate surface area is 167 Å². The van der Waals surface area contributed by atoms with E-state index < -0.39 is 10.0 Å². The monoisotopic (exact) mass is 400 g/mol. The highest BCUT2D eigenvalue weighted by atomic mass is 32.2. The van der Waals surface area contributed by atoms with Gasteiger partial charge < -0.3 is 15.5 Å². The first kappa shape index (κ1) is 20.2. The van der Waals surface area contributed by atoms with Crippen molar-refractivity contribution in [2.75, 3.05) is 31.1 Å². The van der Waals surface area contributed by atoms with Gasteiger partial charge in [0.05, 0.1) is 4.90 Å². The highest BCUT2D eigenvalue weighted by Crippen LogP contribution is 2.23. The van der Waals surface area contributed by atoms with Crippen LogP contribution in [0.25, 0.3) is 0 Å². The molecule has 0 amide bonds. The molecule has 0 aromatic heterocycles. The lowest BCUT2D eigenvalue weighted by atomic mass is 10.1. The lowest BCUT2D eigenvalue weighted by molar-refractivity contribution is 0.382. The second-order valence-corrected chi connectivity index (χ2v) is 9.04. The minimum absolute atomic E-state index is 0.0545. The summed E-state index contributed by atoms with van der Waals surface area (Å²) in [4.78, 5) is 4.32. The van der Waals surface area contributed by atoms with Crippen LogP contribution in [-0.2, 0) is 10.0 Å². The average Bonchev–Trinajstić information content (AvgIpc) is 2.65. The number of nitrogens with zero attached hydrogens (tertiary/aromatic N) is 3. The molecule has 3 rings (SSSR count). The molecule has 0 saturated carbocycles. The molecule has 150 valence electrons. The van der Waals surface area contributed by atoms with Crippen LogP contribution in [0, 0.1) is 27.7 Å². The second kappa shape index (κ2) is 7.83. The summed E-state index contributed by atoms with van der Waals surface area (Å²) >= 11 is 0. The van der Waals surface area contributed by atoms with E-state index in [1.807, 2.05) is 18.7 Å². The van der Waals surface area contributed by atoms with Gasteiger partial charge in [-0.15, -0.1) is 4.40 Å². The van der Waals surface area contributed by atoms with Crippen LogP contribution in [0.1, 0.15) is 22.3 Å². The van der Waals surface area contributed by atoms with Gasteiger partial charge in [0, 0.05) is 31.9 Å². The quantitative estimate of drug-likeness (QED) is 0.633. The molecule has 1 saturated heterocycles. The molecule has 0 radical (unpaired) electrons. The van der Waals surface area contributed by atoms with Gasteiger partial charge in [-0.25, -0.2) is 0 Å². The number of piperazine rings is 1. The highest BCUT2D eigenvalue weighted by Gasteiger charge is 2.22. The van der Waals surface area contributed by atoms with Crippen LogP contribution < -0.4 is 10.6 Å². The van der Waals surface area contributed by atoms with Crippen LogP contribution in [0.15, 0.2) is 45.7 Å². The van der Waals surface area contributed by atoms with Crippen molar-refractivity contribution in [1.29, 1.82) is 0 Å². The van der Waals surface area contributed by atoms with Crippen molar-refractivity contribution in [2.24, 2.45) is 10.1 Å². The van der Waals surface area contributed by atoms with Crippen molar-refractivity contribution < 1.29 is 8.42 Å². The summed E-state index contributed by atoms with van der Waals surface area (Å²) < 4.78 is 29.1. The summed E-state index contributed by atoms with van der Waals surface area (Å²) in [5, 5.41) is 0. The summed E-state index contributed by atoms with van der Waals surface area (Å²) in [6.45, 7) is 10.8. The molecule has 6 nitrogen and oxygen atoms in total. The molecule has 1 fully saturated rings. The number of aryl methyl sites for hydroxylation is 4. The second-order valence-electron chi connectivity index (χ2n) is 7.43. The van der Waals surface area contributed by atoms with E-state index >= 15 is 0 Å². The molecule has 1 aliphatic rings. The zero-order valence-corrected chi connectivity index (χ0v) is 17.8. The van der Waals surface area contributed by atoms with Gasteiger partial charge in [-0.3, -0.25) is 0 Å². The van der Waals surface area contributed by atoms with Gasteiger partial charge in [-0.05, 0) is 68.1 Å². The minimum Gasteiger partial charge on any atom is -0.369 e. The Hall–Kier alpha value is -2.54. The average molecular weight is 401 g/mol. The smallest absolute Gasteiger partial charge is 0.285 e. The lowest BCUT2D eigenvalue weighted by Crippen LogP contribution is -2.51. The summed E-state index contributed by atoms with van der Waals surface area (Å²) in [5.41, 5.74) is 11.7. The number of hydrogen-bond acceptors (Lipinski definition) is 3.